The largest absolute Gasteiger partial charge is 0.494 e. The molecule has 0 heterocycles. The molecule has 0 aliphatic rings. The molecule has 0 amide bonds. The van der Waals surface area contributed by atoms with Crippen LogP contribution in [-0.2, 0) is 0 Å². The lowest BCUT2D eigenvalue weighted by Gasteiger charge is -2.11. The maximum atomic E-state index is 15.0. The number of nitrogens with zero attached hydrogens (tertiary/aromatic N) is 3. The molecule has 0 fully saturated rings. The predicted octanol–water partition coefficient (Wildman–Crippen LogP) is 9.93. The van der Waals surface area contributed by atoms with E-state index in [4.69, 9.17) is 9.47 Å². The number of azo groups is 1. The lowest BCUT2D eigenvalue weighted by molar-refractivity contribution is 0.0734. The molecule has 0 radical (unpaired) electrons. The summed E-state index contributed by atoms with van der Waals surface area (Å²) < 4.78 is 26.3. The second kappa shape index (κ2) is 15.5. The highest BCUT2D eigenvalue weighted by Gasteiger charge is 2.13. The minimum Gasteiger partial charge on any atom is -0.494 e. The molecule has 0 saturated carbocycles. The average Bonchev–Trinajstić information content (AvgIpc) is 3.01. The summed E-state index contributed by atoms with van der Waals surface area (Å²) in [5.74, 6) is -0.0526. The molecule has 0 atom stereocenters. The van der Waals surface area contributed by atoms with Crippen LogP contribution in [0.25, 0.3) is 11.1 Å². The number of esters is 1. The van der Waals surface area contributed by atoms with E-state index in [0.29, 0.717) is 29.2 Å². The summed E-state index contributed by atoms with van der Waals surface area (Å²) in [5, 5.41) is 8.47. The van der Waals surface area contributed by atoms with Crippen molar-refractivity contribution in [2.24, 2.45) is 10.2 Å². The Bertz CT molecular complexity index is 1450. The Morgan fingerprint density at radius 2 is 1.33 bits per heavy atom. The normalized spacial score (nSPS) is 11.0. The first-order valence-corrected chi connectivity index (χ1v) is 14.5. The molecule has 42 heavy (non-hydrogen) atoms. The monoisotopic (exact) mass is 567 g/mol. The fourth-order valence-electron chi connectivity index (χ4n) is 4.36. The van der Waals surface area contributed by atoms with Crippen molar-refractivity contribution in [3.8, 4) is 22.6 Å². The molecule has 0 unspecified atom stereocenters. The summed E-state index contributed by atoms with van der Waals surface area (Å²) >= 11 is 0. The van der Waals surface area contributed by atoms with E-state index in [2.05, 4.69) is 17.2 Å². The average molecular weight is 568 g/mol. The summed E-state index contributed by atoms with van der Waals surface area (Å²) in [6.07, 6.45) is 7.25. The number of carbonyl (C=O) groups excluding carboxylic acids is 1. The van der Waals surface area contributed by atoms with Crippen LogP contribution < -0.4 is 14.4 Å². The highest BCUT2D eigenvalue weighted by molar-refractivity contribution is 5.91. The lowest BCUT2D eigenvalue weighted by Crippen LogP contribution is -2.09. The van der Waals surface area contributed by atoms with Crippen LogP contribution in [0.1, 0.15) is 55.8 Å². The van der Waals surface area contributed by atoms with E-state index < -0.39 is 11.8 Å². The first-order chi connectivity index (χ1) is 20.4. The Morgan fingerprint density at radius 3 is 1.95 bits per heavy atom. The van der Waals surface area contributed by atoms with Crippen molar-refractivity contribution in [2.45, 2.75) is 45.4 Å². The number of unbranched alkanes of at least 4 members (excludes halogenated alkanes) is 5. The molecule has 4 rings (SSSR count). The molecule has 0 bridgehead atoms. The van der Waals surface area contributed by atoms with Crippen LogP contribution in [0, 0.1) is 5.82 Å². The van der Waals surface area contributed by atoms with Gasteiger partial charge in [0.1, 0.15) is 17.3 Å². The van der Waals surface area contributed by atoms with Gasteiger partial charge in [-0.15, -0.1) is 0 Å². The van der Waals surface area contributed by atoms with Crippen molar-refractivity contribution >= 4 is 23.0 Å². The van der Waals surface area contributed by atoms with E-state index in [9.17, 15) is 9.18 Å². The molecule has 4 aromatic carbocycles. The fourth-order valence-corrected chi connectivity index (χ4v) is 4.36. The minimum absolute atomic E-state index is 0.125. The van der Waals surface area contributed by atoms with Crippen molar-refractivity contribution < 1.29 is 18.7 Å². The van der Waals surface area contributed by atoms with E-state index in [0.717, 1.165) is 23.5 Å². The third kappa shape index (κ3) is 8.99. The zero-order valence-electron chi connectivity index (χ0n) is 24.6. The zero-order chi connectivity index (χ0) is 29.7. The second-order valence-electron chi connectivity index (χ2n) is 10.3. The van der Waals surface area contributed by atoms with Crippen molar-refractivity contribution in [1.82, 2.24) is 0 Å². The van der Waals surface area contributed by atoms with Crippen LogP contribution in [0.4, 0.5) is 21.5 Å². The number of ether oxygens (including phenoxy) is 2. The highest BCUT2D eigenvalue weighted by atomic mass is 19.1. The summed E-state index contributed by atoms with van der Waals surface area (Å²) in [4.78, 5) is 14.7. The number of halogens is 1. The molecule has 6 nitrogen and oxygen atoms in total. The van der Waals surface area contributed by atoms with Crippen molar-refractivity contribution in [3.05, 3.63) is 102 Å². The highest BCUT2D eigenvalue weighted by Crippen LogP contribution is 2.27. The van der Waals surface area contributed by atoms with E-state index in [1.165, 1.54) is 38.2 Å². The molecule has 0 spiro atoms. The van der Waals surface area contributed by atoms with Crippen molar-refractivity contribution in [1.29, 1.82) is 0 Å². The quantitative estimate of drug-likeness (QED) is 0.0658. The zero-order valence-corrected chi connectivity index (χ0v) is 24.6. The van der Waals surface area contributed by atoms with Gasteiger partial charge < -0.3 is 14.4 Å². The molecule has 218 valence electrons. The molecule has 4 aromatic rings. The minimum atomic E-state index is -0.644. The van der Waals surface area contributed by atoms with Gasteiger partial charge in [0.15, 0.2) is 0 Å². The summed E-state index contributed by atoms with van der Waals surface area (Å²) in [5.41, 5.74) is 3.65. The Labute approximate surface area is 247 Å². The van der Waals surface area contributed by atoms with Gasteiger partial charge >= 0.3 is 5.97 Å². The van der Waals surface area contributed by atoms with Crippen molar-refractivity contribution in [3.63, 3.8) is 0 Å². The smallest absolute Gasteiger partial charge is 0.343 e. The van der Waals surface area contributed by atoms with Gasteiger partial charge in [0.2, 0.25) is 0 Å². The number of hydrogen-bond acceptors (Lipinski definition) is 6. The van der Waals surface area contributed by atoms with Crippen LogP contribution in [0.15, 0.2) is 101 Å². The van der Waals surface area contributed by atoms with E-state index in [-0.39, 0.29) is 5.56 Å². The fraction of sp³-hybridized carbons (Fsp3) is 0.286. The predicted molar refractivity (Wildman–Crippen MR) is 167 cm³/mol. The maximum absolute atomic E-state index is 15.0. The molecule has 0 aromatic heterocycles. The molecule has 0 saturated heterocycles. The number of benzene rings is 4. The third-order valence-corrected chi connectivity index (χ3v) is 6.83. The summed E-state index contributed by atoms with van der Waals surface area (Å²) in [7, 11) is 3.95. The van der Waals surface area contributed by atoms with Gasteiger partial charge in [-0.3, -0.25) is 0 Å². The second-order valence-corrected chi connectivity index (χ2v) is 10.3. The Morgan fingerprint density at radius 1 is 0.738 bits per heavy atom. The van der Waals surface area contributed by atoms with Crippen LogP contribution in [0.3, 0.4) is 0 Å². The molecule has 7 heteroatoms. The molecular formula is C35H38FN3O3. The summed E-state index contributed by atoms with van der Waals surface area (Å²) in [6, 6.07) is 26.1. The van der Waals surface area contributed by atoms with Crippen LogP contribution in [0.5, 0.6) is 11.5 Å². The number of hydrogen-bond donors (Lipinski definition) is 0. The van der Waals surface area contributed by atoms with Gasteiger partial charge in [-0.1, -0.05) is 57.2 Å². The first kappa shape index (κ1) is 30.4. The van der Waals surface area contributed by atoms with Gasteiger partial charge in [0, 0.05) is 25.3 Å². The van der Waals surface area contributed by atoms with E-state index >= 15 is 0 Å². The van der Waals surface area contributed by atoms with Gasteiger partial charge in [-0.2, -0.15) is 10.2 Å². The Balaban J connectivity index is 1.29. The van der Waals surface area contributed by atoms with Crippen LogP contribution in [0.2, 0.25) is 0 Å². The molecule has 0 aliphatic carbocycles. The van der Waals surface area contributed by atoms with Gasteiger partial charge in [-0.05, 0) is 84.8 Å². The Kier molecular flexibility index (Phi) is 11.2. The summed E-state index contributed by atoms with van der Waals surface area (Å²) in [6.45, 7) is 2.89. The van der Waals surface area contributed by atoms with E-state index in [1.54, 1.807) is 36.4 Å². The van der Waals surface area contributed by atoms with Gasteiger partial charge in [0.05, 0.1) is 23.5 Å². The standard InChI is InChI=1S/C35H38FN3O3/c1-4-5-6-7-8-9-24-41-31-19-10-26(11-20-31)33-23-12-27(25-34(33)36)35(40)42-32-21-15-29(16-22-32)38-37-28-13-17-30(18-14-28)39(2)3/h10-23,25H,4-9,24H2,1-3H3. The molecule has 0 N–H and O–H groups in total. The molecular weight excluding hydrogens is 529 g/mol. The van der Waals surface area contributed by atoms with Crippen LogP contribution in [-0.4, -0.2) is 26.7 Å². The van der Waals surface area contributed by atoms with E-state index in [1.807, 2.05) is 67.5 Å². The third-order valence-electron chi connectivity index (χ3n) is 6.83. The topological polar surface area (TPSA) is 63.5 Å². The Hall–Kier alpha value is -4.52. The molecule has 0 aliphatic heterocycles. The van der Waals surface area contributed by atoms with Gasteiger partial charge in [-0.25, -0.2) is 9.18 Å². The van der Waals surface area contributed by atoms with Gasteiger partial charge in [0.25, 0.3) is 0 Å². The first-order valence-electron chi connectivity index (χ1n) is 14.5. The number of carbonyl (C=O) groups is 1. The van der Waals surface area contributed by atoms with Crippen LogP contribution >= 0.6 is 0 Å². The number of anilines is 1. The van der Waals surface area contributed by atoms with Crippen molar-refractivity contribution in [2.75, 3.05) is 25.6 Å². The number of rotatable bonds is 14. The SMILES string of the molecule is CCCCCCCCOc1ccc(-c2ccc(C(=O)Oc3ccc(N=Nc4ccc(N(C)C)cc4)cc3)cc2F)cc1. The lowest BCUT2D eigenvalue weighted by atomic mass is 10.0. The maximum Gasteiger partial charge on any atom is 0.343 e.